The lowest BCUT2D eigenvalue weighted by molar-refractivity contribution is -0.121. The van der Waals surface area contributed by atoms with Crippen molar-refractivity contribution < 1.29 is 13.7 Å². The van der Waals surface area contributed by atoms with E-state index in [1.807, 2.05) is 37.3 Å². The largest absolute Gasteiger partial charge is 0.461 e. The monoisotopic (exact) mass is 387 g/mol. The van der Waals surface area contributed by atoms with Crippen LogP contribution in [0.2, 0.25) is 0 Å². The van der Waals surface area contributed by atoms with E-state index < -0.39 is 0 Å². The van der Waals surface area contributed by atoms with Crippen molar-refractivity contribution in [2.24, 2.45) is 0 Å². The van der Waals surface area contributed by atoms with Gasteiger partial charge in [-0.05, 0) is 35.7 Å². The Kier molecular flexibility index (Phi) is 5.52. The van der Waals surface area contributed by atoms with Gasteiger partial charge < -0.3 is 14.3 Å². The van der Waals surface area contributed by atoms with Crippen molar-refractivity contribution in [3.63, 3.8) is 0 Å². The third-order valence-electron chi connectivity index (χ3n) is 4.67. The van der Waals surface area contributed by atoms with Crippen LogP contribution in [0.5, 0.6) is 0 Å². The predicted molar refractivity (Wildman–Crippen MR) is 109 cm³/mol. The number of aromatic nitrogens is 2. The van der Waals surface area contributed by atoms with E-state index in [2.05, 4.69) is 39.7 Å². The summed E-state index contributed by atoms with van der Waals surface area (Å²) in [6, 6.07) is 21.9. The Morgan fingerprint density at radius 3 is 2.48 bits per heavy atom. The Hall–Kier alpha value is -3.67. The van der Waals surface area contributed by atoms with Crippen molar-refractivity contribution in [3.8, 4) is 22.7 Å². The third-order valence-corrected chi connectivity index (χ3v) is 4.67. The molecule has 6 nitrogen and oxygen atoms in total. The minimum Gasteiger partial charge on any atom is -0.461 e. The zero-order chi connectivity index (χ0) is 20.1. The molecule has 1 N–H and O–H groups in total. The van der Waals surface area contributed by atoms with Crippen molar-refractivity contribution in [2.75, 3.05) is 0 Å². The Balaban J connectivity index is 1.30. The number of nitrogens with one attached hydrogen (secondary N) is 1. The minimum atomic E-state index is -0.0892. The Morgan fingerprint density at radius 2 is 1.76 bits per heavy atom. The van der Waals surface area contributed by atoms with Gasteiger partial charge in [0.05, 0.1) is 12.3 Å². The normalized spacial score (nSPS) is 11.9. The highest BCUT2D eigenvalue weighted by Crippen LogP contribution is 2.22. The molecule has 0 aliphatic rings. The number of carbonyl (C=O) groups excluding carboxylic acids is 1. The molecule has 1 amide bonds. The first kappa shape index (κ1) is 18.7. The minimum absolute atomic E-state index is 0.0672. The first-order valence-electron chi connectivity index (χ1n) is 9.50. The molecule has 1 unspecified atom stereocenters. The fraction of sp³-hybridized carbons (Fsp3) is 0.174. The summed E-state index contributed by atoms with van der Waals surface area (Å²) >= 11 is 0. The molecule has 2 aromatic carbocycles. The number of aryl methyl sites for hydroxylation is 1. The van der Waals surface area contributed by atoms with E-state index in [0.29, 0.717) is 23.9 Å². The molecule has 0 fully saturated rings. The van der Waals surface area contributed by atoms with Crippen molar-refractivity contribution in [1.82, 2.24) is 15.5 Å². The number of furan rings is 1. The van der Waals surface area contributed by atoms with E-state index in [1.165, 1.54) is 5.56 Å². The van der Waals surface area contributed by atoms with Crippen molar-refractivity contribution >= 4 is 5.91 Å². The number of benzene rings is 2. The van der Waals surface area contributed by atoms with E-state index in [-0.39, 0.29) is 18.4 Å². The van der Waals surface area contributed by atoms with Gasteiger partial charge in [-0.15, -0.1) is 0 Å². The van der Waals surface area contributed by atoms with E-state index in [0.717, 1.165) is 11.1 Å². The van der Waals surface area contributed by atoms with Crippen LogP contribution in [-0.4, -0.2) is 16.0 Å². The van der Waals surface area contributed by atoms with E-state index in [9.17, 15) is 4.79 Å². The number of nitrogens with zero attached hydrogens (tertiary/aromatic N) is 2. The molecule has 0 saturated heterocycles. The van der Waals surface area contributed by atoms with Crippen LogP contribution in [0.3, 0.4) is 0 Å². The third kappa shape index (κ3) is 4.60. The van der Waals surface area contributed by atoms with Crippen LogP contribution in [0.25, 0.3) is 22.7 Å². The van der Waals surface area contributed by atoms with Gasteiger partial charge in [0.25, 0.3) is 0 Å². The molecule has 4 aromatic rings. The highest BCUT2D eigenvalue weighted by Gasteiger charge is 2.14. The standard InChI is InChI=1S/C23H21N3O3/c1-16(17-9-11-19(12-10-17)18-6-3-2-4-7-18)24-21(27)13-14-22-25-23(26-29-22)20-8-5-15-28-20/h2-12,15-16H,13-14H2,1H3,(H,24,27). The number of carbonyl (C=O) groups is 1. The molecule has 0 aliphatic carbocycles. The number of amides is 1. The first-order chi connectivity index (χ1) is 14.2. The van der Waals surface area contributed by atoms with Gasteiger partial charge in [0.15, 0.2) is 5.76 Å². The maximum absolute atomic E-state index is 12.3. The number of hydrogen-bond donors (Lipinski definition) is 1. The smallest absolute Gasteiger partial charge is 0.238 e. The van der Waals surface area contributed by atoms with Gasteiger partial charge in [0, 0.05) is 12.8 Å². The molecule has 2 heterocycles. The zero-order valence-electron chi connectivity index (χ0n) is 16.0. The summed E-state index contributed by atoms with van der Waals surface area (Å²) < 4.78 is 10.4. The molecule has 0 spiro atoms. The Morgan fingerprint density at radius 1 is 1.00 bits per heavy atom. The molecule has 146 valence electrons. The Bertz CT molecular complexity index is 1050. The molecular weight excluding hydrogens is 366 g/mol. The predicted octanol–water partition coefficient (Wildman–Crippen LogP) is 4.81. The van der Waals surface area contributed by atoms with Crippen molar-refractivity contribution in [2.45, 2.75) is 25.8 Å². The van der Waals surface area contributed by atoms with Crippen LogP contribution in [0, 0.1) is 0 Å². The van der Waals surface area contributed by atoms with Crippen LogP contribution in [-0.2, 0) is 11.2 Å². The van der Waals surface area contributed by atoms with Crippen LogP contribution >= 0.6 is 0 Å². The molecule has 1 atom stereocenters. The van der Waals surface area contributed by atoms with Gasteiger partial charge in [0.1, 0.15) is 0 Å². The summed E-state index contributed by atoms with van der Waals surface area (Å²) in [6.07, 6.45) is 2.19. The molecule has 0 aliphatic heterocycles. The first-order valence-corrected chi connectivity index (χ1v) is 9.50. The van der Waals surface area contributed by atoms with Gasteiger partial charge in [-0.3, -0.25) is 4.79 Å². The van der Waals surface area contributed by atoms with Crippen LogP contribution in [0.4, 0.5) is 0 Å². The molecule has 0 bridgehead atoms. The summed E-state index contributed by atoms with van der Waals surface area (Å²) in [4.78, 5) is 16.6. The highest BCUT2D eigenvalue weighted by molar-refractivity contribution is 5.76. The molecule has 0 radical (unpaired) electrons. The Labute approximate surface area is 168 Å². The van der Waals surface area contributed by atoms with E-state index >= 15 is 0 Å². The summed E-state index contributed by atoms with van der Waals surface area (Å²) in [5.41, 5.74) is 3.37. The molecule has 4 rings (SSSR count). The van der Waals surface area contributed by atoms with Crippen molar-refractivity contribution in [3.05, 3.63) is 84.4 Å². The average Bonchev–Trinajstić information content (AvgIpc) is 3.45. The van der Waals surface area contributed by atoms with Gasteiger partial charge in [-0.1, -0.05) is 59.8 Å². The zero-order valence-corrected chi connectivity index (χ0v) is 16.0. The average molecular weight is 387 g/mol. The topological polar surface area (TPSA) is 81.2 Å². The summed E-state index contributed by atoms with van der Waals surface area (Å²) in [6.45, 7) is 1.97. The van der Waals surface area contributed by atoms with Gasteiger partial charge >= 0.3 is 0 Å². The molecular formula is C23H21N3O3. The maximum Gasteiger partial charge on any atom is 0.238 e. The second kappa shape index (κ2) is 8.56. The van der Waals surface area contributed by atoms with Crippen LogP contribution < -0.4 is 5.32 Å². The van der Waals surface area contributed by atoms with Gasteiger partial charge in [-0.25, -0.2) is 0 Å². The lowest BCUT2D eigenvalue weighted by atomic mass is 10.0. The van der Waals surface area contributed by atoms with E-state index in [1.54, 1.807) is 18.4 Å². The fourth-order valence-corrected chi connectivity index (χ4v) is 3.07. The van der Waals surface area contributed by atoms with E-state index in [4.69, 9.17) is 8.94 Å². The summed E-state index contributed by atoms with van der Waals surface area (Å²) in [5.74, 6) is 1.27. The summed E-state index contributed by atoms with van der Waals surface area (Å²) in [7, 11) is 0. The second-order valence-electron chi connectivity index (χ2n) is 6.77. The van der Waals surface area contributed by atoms with Gasteiger partial charge in [-0.2, -0.15) is 4.98 Å². The van der Waals surface area contributed by atoms with Crippen LogP contribution in [0.15, 0.2) is 81.9 Å². The van der Waals surface area contributed by atoms with Crippen molar-refractivity contribution in [1.29, 1.82) is 0 Å². The quantitative estimate of drug-likeness (QED) is 0.492. The molecule has 6 heteroatoms. The van der Waals surface area contributed by atoms with Crippen LogP contribution in [0.1, 0.15) is 30.8 Å². The SMILES string of the molecule is CC(NC(=O)CCc1nc(-c2ccco2)no1)c1ccc(-c2ccccc2)cc1. The maximum atomic E-state index is 12.3. The fourth-order valence-electron chi connectivity index (χ4n) is 3.07. The number of rotatable bonds is 7. The molecule has 2 aromatic heterocycles. The lowest BCUT2D eigenvalue weighted by Gasteiger charge is -2.14. The molecule has 0 saturated carbocycles. The van der Waals surface area contributed by atoms with Gasteiger partial charge in [0.2, 0.25) is 17.6 Å². The number of hydrogen-bond acceptors (Lipinski definition) is 5. The summed E-state index contributed by atoms with van der Waals surface area (Å²) in [5, 5.41) is 6.88. The molecule has 29 heavy (non-hydrogen) atoms. The lowest BCUT2D eigenvalue weighted by Crippen LogP contribution is -2.26. The highest BCUT2D eigenvalue weighted by atomic mass is 16.5. The second-order valence-corrected chi connectivity index (χ2v) is 6.77.